The molecule has 2 aromatic heterocycles. The summed E-state index contributed by atoms with van der Waals surface area (Å²) < 4.78 is 41.0. The molecule has 2 rings (SSSR count). The van der Waals surface area contributed by atoms with Crippen LogP contribution in [0.15, 0.2) is 60.9 Å². The number of imidazole rings is 1. The maximum Gasteiger partial charge on any atom is 0.226 e. The second-order valence-corrected chi connectivity index (χ2v) is 10.5. The van der Waals surface area contributed by atoms with Crippen molar-refractivity contribution in [3.05, 3.63) is 60.9 Å². The van der Waals surface area contributed by atoms with Crippen molar-refractivity contribution in [2.45, 2.75) is 25.5 Å². The van der Waals surface area contributed by atoms with Crippen molar-refractivity contribution >= 4 is 27.3 Å². The zero-order chi connectivity index (χ0) is 24.1. The van der Waals surface area contributed by atoms with Crippen LogP contribution < -0.4 is 11.1 Å². The van der Waals surface area contributed by atoms with E-state index in [9.17, 15) is 12.8 Å². The first-order chi connectivity index (χ1) is 14.9. The molecular weight excluding hydrogens is 433 g/mol. The molecule has 0 fully saturated rings. The Labute approximate surface area is 188 Å². The van der Waals surface area contributed by atoms with Gasteiger partial charge in [-0.1, -0.05) is 19.6 Å². The van der Waals surface area contributed by atoms with Gasteiger partial charge in [0.25, 0.3) is 0 Å². The van der Waals surface area contributed by atoms with Crippen LogP contribution in [-0.2, 0) is 10.0 Å². The molecule has 0 aromatic carbocycles. The molecule has 0 bridgehead atoms. The Hall–Kier alpha value is -3.05. The summed E-state index contributed by atoms with van der Waals surface area (Å²) in [6.45, 7) is 7.41. The lowest BCUT2D eigenvalue weighted by Gasteiger charge is -2.31. The predicted molar refractivity (Wildman–Crippen MR) is 126 cm³/mol. The number of amidine groups is 1. The zero-order valence-electron chi connectivity index (χ0n) is 18.7. The van der Waals surface area contributed by atoms with Gasteiger partial charge in [-0.3, -0.25) is 5.41 Å². The van der Waals surface area contributed by atoms with Crippen LogP contribution in [-0.4, -0.2) is 57.9 Å². The normalized spacial score (nSPS) is 14.6. The van der Waals surface area contributed by atoms with Crippen molar-refractivity contribution in [1.29, 1.82) is 5.41 Å². The number of fused-ring (bicyclic) bond motifs is 1. The predicted octanol–water partition coefficient (Wildman–Crippen LogP) is 2.72. The summed E-state index contributed by atoms with van der Waals surface area (Å²) in [6.07, 6.45) is 11.6. The number of aromatic nitrogens is 3. The topological polar surface area (TPSA) is 129 Å². The molecule has 0 unspecified atom stereocenters. The minimum Gasteiger partial charge on any atom is -0.386 e. The van der Waals surface area contributed by atoms with Crippen LogP contribution in [0.2, 0.25) is 0 Å². The van der Waals surface area contributed by atoms with Crippen LogP contribution >= 0.6 is 0 Å². The summed E-state index contributed by atoms with van der Waals surface area (Å²) in [5, 5.41) is 10.7. The lowest BCUT2D eigenvalue weighted by molar-refractivity contribution is 0.399. The van der Waals surface area contributed by atoms with Gasteiger partial charge in [0.05, 0.1) is 0 Å². The van der Waals surface area contributed by atoms with Crippen LogP contribution in [0.1, 0.15) is 20.8 Å². The minimum atomic E-state index is -3.91. The lowest BCUT2D eigenvalue weighted by Crippen LogP contribution is -2.51. The Morgan fingerprint density at radius 2 is 2.03 bits per heavy atom. The van der Waals surface area contributed by atoms with Gasteiger partial charge >= 0.3 is 0 Å². The van der Waals surface area contributed by atoms with Crippen molar-refractivity contribution in [1.82, 2.24) is 18.7 Å². The van der Waals surface area contributed by atoms with Gasteiger partial charge in [0, 0.05) is 44.1 Å². The van der Waals surface area contributed by atoms with Gasteiger partial charge in [0.2, 0.25) is 10.0 Å². The van der Waals surface area contributed by atoms with Gasteiger partial charge in [-0.2, -0.15) is 0 Å². The fourth-order valence-electron chi connectivity index (χ4n) is 2.97. The van der Waals surface area contributed by atoms with Crippen molar-refractivity contribution in [2.24, 2.45) is 11.7 Å². The summed E-state index contributed by atoms with van der Waals surface area (Å²) in [5.74, 6) is -0.428. The molecule has 0 aliphatic carbocycles. The zero-order valence-corrected chi connectivity index (χ0v) is 19.5. The minimum absolute atomic E-state index is 0.0181. The maximum absolute atomic E-state index is 14.0. The Kier molecular flexibility index (Phi) is 7.92. The standard InChI is InChI=1S/C21H30FN7O2S/c1-6-7-17(27-18-19-26-9-11-29(19)10-8-25-18)12-16(13-22)15(2)14-28(5)32(30,31)21(3,4)20(23)24/h6-12,15H,1,13-14H2,2-5H3,(H3,23,24)(H,25,27)/b16-12+,17-7+/t15-/m1/s1. The first kappa shape index (κ1) is 25.2. The van der Waals surface area contributed by atoms with Crippen molar-refractivity contribution < 1.29 is 12.8 Å². The Morgan fingerprint density at radius 1 is 1.41 bits per heavy atom. The number of allylic oxidation sites excluding steroid dienone is 3. The molecule has 32 heavy (non-hydrogen) atoms. The smallest absolute Gasteiger partial charge is 0.226 e. The molecule has 1 atom stereocenters. The monoisotopic (exact) mass is 463 g/mol. The van der Waals surface area contributed by atoms with Gasteiger partial charge in [-0.05, 0) is 37.5 Å². The van der Waals surface area contributed by atoms with Crippen molar-refractivity contribution in [3.8, 4) is 0 Å². The van der Waals surface area contributed by atoms with E-state index in [2.05, 4.69) is 21.9 Å². The van der Waals surface area contributed by atoms with Gasteiger partial charge in [-0.25, -0.2) is 27.1 Å². The third kappa shape index (κ3) is 5.22. The van der Waals surface area contributed by atoms with E-state index in [-0.39, 0.29) is 6.54 Å². The molecule has 2 aromatic rings. The number of alkyl halides is 1. The molecule has 174 valence electrons. The van der Waals surface area contributed by atoms with Gasteiger partial charge < -0.3 is 15.5 Å². The van der Waals surface area contributed by atoms with Crippen LogP contribution in [0.25, 0.3) is 5.65 Å². The molecule has 0 amide bonds. The van der Waals surface area contributed by atoms with E-state index in [4.69, 9.17) is 11.1 Å². The van der Waals surface area contributed by atoms with E-state index in [1.807, 2.05) is 0 Å². The highest BCUT2D eigenvalue weighted by Gasteiger charge is 2.41. The molecule has 9 nitrogen and oxygen atoms in total. The molecule has 0 aliphatic heterocycles. The number of nitrogens with zero attached hydrogens (tertiary/aromatic N) is 4. The number of hydrogen-bond acceptors (Lipinski definition) is 6. The quantitative estimate of drug-likeness (QED) is 0.267. The van der Waals surface area contributed by atoms with Crippen LogP contribution in [0.3, 0.4) is 0 Å². The van der Waals surface area contributed by atoms with Gasteiger partial charge in [0.1, 0.15) is 17.3 Å². The lowest BCUT2D eigenvalue weighted by atomic mass is 10.0. The molecule has 4 N–H and O–H groups in total. The Bertz CT molecular complexity index is 1150. The molecule has 0 aliphatic rings. The number of hydrogen-bond donors (Lipinski definition) is 3. The summed E-state index contributed by atoms with van der Waals surface area (Å²) in [5.41, 5.74) is 6.99. The molecule has 0 saturated carbocycles. The van der Waals surface area contributed by atoms with Crippen molar-refractivity contribution in [2.75, 3.05) is 25.6 Å². The summed E-state index contributed by atoms with van der Waals surface area (Å²) in [7, 11) is -2.52. The number of anilines is 1. The van der Waals surface area contributed by atoms with E-state index in [1.54, 1.807) is 54.3 Å². The third-order valence-corrected chi connectivity index (χ3v) is 7.71. The highest BCUT2D eigenvalue weighted by atomic mass is 32.2. The fourth-order valence-corrected chi connectivity index (χ4v) is 4.45. The van der Waals surface area contributed by atoms with Crippen LogP contribution in [0.4, 0.5) is 10.2 Å². The average Bonchev–Trinajstić information content (AvgIpc) is 3.21. The van der Waals surface area contributed by atoms with Gasteiger partial charge in [0.15, 0.2) is 11.5 Å². The van der Waals surface area contributed by atoms with E-state index in [0.29, 0.717) is 22.7 Å². The maximum atomic E-state index is 14.0. The molecule has 0 spiro atoms. The number of rotatable bonds is 11. The highest BCUT2D eigenvalue weighted by Crippen LogP contribution is 2.24. The van der Waals surface area contributed by atoms with Crippen LogP contribution in [0.5, 0.6) is 0 Å². The average molecular weight is 464 g/mol. The van der Waals surface area contributed by atoms with Crippen molar-refractivity contribution in [3.63, 3.8) is 0 Å². The first-order valence-electron chi connectivity index (χ1n) is 9.90. The highest BCUT2D eigenvalue weighted by molar-refractivity contribution is 7.91. The molecule has 0 saturated heterocycles. The molecule has 2 heterocycles. The summed E-state index contributed by atoms with van der Waals surface area (Å²) >= 11 is 0. The first-order valence-corrected chi connectivity index (χ1v) is 11.3. The van der Waals surface area contributed by atoms with E-state index in [0.717, 1.165) is 4.31 Å². The number of halogens is 1. The number of nitrogens with two attached hydrogens (primary N) is 1. The third-order valence-electron chi connectivity index (χ3n) is 5.23. The number of nitrogens with one attached hydrogen (secondary N) is 2. The SMILES string of the molecule is C=C/C=C(\C=C(/CF)[C@H](C)CN(C)S(=O)(=O)C(C)(C)C(=N)N)Nc1nccn2ccnc12. The Balaban J connectivity index is 2.28. The van der Waals surface area contributed by atoms with E-state index >= 15 is 0 Å². The Morgan fingerprint density at radius 3 is 2.59 bits per heavy atom. The van der Waals surface area contributed by atoms with Crippen LogP contribution in [0, 0.1) is 11.3 Å². The second kappa shape index (κ2) is 10.0. The van der Waals surface area contributed by atoms with E-state index < -0.39 is 33.2 Å². The summed E-state index contributed by atoms with van der Waals surface area (Å²) in [6, 6.07) is 0. The second-order valence-electron chi connectivity index (χ2n) is 7.88. The van der Waals surface area contributed by atoms with Gasteiger partial charge in [-0.15, -0.1) is 0 Å². The fraction of sp³-hybridized carbons (Fsp3) is 0.381. The molecular formula is C21H30FN7O2S. The van der Waals surface area contributed by atoms with E-state index in [1.165, 1.54) is 20.9 Å². The summed E-state index contributed by atoms with van der Waals surface area (Å²) in [4.78, 5) is 8.55. The largest absolute Gasteiger partial charge is 0.386 e. The molecule has 0 radical (unpaired) electrons. The number of sulfonamides is 1. The molecule has 11 heteroatoms.